The van der Waals surface area contributed by atoms with Gasteiger partial charge >= 0.3 is 0 Å². The van der Waals surface area contributed by atoms with Gasteiger partial charge in [-0.15, -0.1) is 0 Å². The van der Waals surface area contributed by atoms with Gasteiger partial charge < -0.3 is 9.84 Å². The van der Waals surface area contributed by atoms with Gasteiger partial charge in [0.25, 0.3) is 0 Å². The van der Waals surface area contributed by atoms with Crippen LogP contribution in [0.1, 0.15) is 37.4 Å². The van der Waals surface area contributed by atoms with Gasteiger partial charge in [0.2, 0.25) is 0 Å². The van der Waals surface area contributed by atoms with Crippen molar-refractivity contribution in [2.45, 2.75) is 44.6 Å². The molecule has 0 aromatic carbocycles. The van der Waals surface area contributed by atoms with Gasteiger partial charge in [-0.3, -0.25) is 4.98 Å². The van der Waals surface area contributed by atoms with Crippen LogP contribution in [0.5, 0.6) is 0 Å². The molecule has 0 amide bonds. The molecule has 0 radical (unpaired) electrons. The molecule has 1 aromatic heterocycles. The lowest BCUT2D eigenvalue weighted by Gasteiger charge is -2.25. The van der Waals surface area contributed by atoms with Crippen molar-refractivity contribution >= 4 is 0 Å². The van der Waals surface area contributed by atoms with Gasteiger partial charge in [-0.1, -0.05) is 13.0 Å². The van der Waals surface area contributed by atoms with E-state index < -0.39 is 5.60 Å². The Labute approximate surface area is 103 Å². The summed E-state index contributed by atoms with van der Waals surface area (Å²) in [6.45, 7) is 3.54. The van der Waals surface area contributed by atoms with E-state index in [0.29, 0.717) is 19.4 Å². The van der Waals surface area contributed by atoms with Crippen molar-refractivity contribution in [1.29, 1.82) is 0 Å². The molecular formula is C14H21NO2. The van der Waals surface area contributed by atoms with Crippen molar-refractivity contribution in [2.75, 3.05) is 13.2 Å². The maximum atomic E-state index is 10.5. The molecule has 1 aromatic rings. The van der Waals surface area contributed by atoms with Crippen LogP contribution in [0.4, 0.5) is 0 Å². The normalized spacial score (nSPS) is 25.5. The number of ether oxygens (including phenoxy) is 1. The van der Waals surface area contributed by atoms with Crippen LogP contribution in [0.2, 0.25) is 0 Å². The first-order valence-electron chi connectivity index (χ1n) is 6.46. The Morgan fingerprint density at radius 1 is 1.35 bits per heavy atom. The van der Waals surface area contributed by atoms with Crippen LogP contribution in [-0.2, 0) is 17.6 Å². The Bertz CT molecular complexity index is 340. The lowest BCUT2D eigenvalue weighted by atomic mass is 9.89. The highest BCUT2D eigenvalue weighted by atomic mass is 16.5. The van der Waals surface area contributed by atoms with Crippen LogP contribution in [0.25, 0.3) is 0 Å². The number of hydrogen-bond donors (Lipinski definition) is 1. The van der Waals surface area contributed by atoms with E-state index >= 15 is 0 Å². The Kier molecular flexibility index (Phi) is 4.13. The van der Waals surface area contributed by atoms with Crippen molar-refractivity contribution in [3.63, 3.8) is 0 Å². The SMILES string of the molecule is CCc1ccc(CC2(O)CCCOCC2)nc1. The number of aryl methyl sites for hydroxylation is 1. The highest BCUT2D eigenvalue weighted by molar-refractivity contribution is 5.15. The van der Waals surface area contributed by atoms with Gasteiger partial charge in [-0.05, 0) is 37.3 Å². The molecule has 0 saturated carbocycles. The van der Waals surface area contributed by atoms with E-state index in [9.17, 15) is 5.11 Å². The summed E-state index contributed by atoms with van der Waals surface area (Å²) in [6, 6.07) is 4.13. The molecule has 3 nitrogen and oxygen atoms in total. The highest BCUT2D eigenvalue weighted by Gasteiger charge is 2.28. The third kappa shape index (κ3) is 3.51. The van der Waals surface area contributed by atoms with Gasteiger partial charge in [0.15, 0.2) is 0 Å². The Hall–Kier alpha value is -0.930. The van der Waals surface area contributed by atoms with Gasteiger partial charge in [0.1, 0.15) is 0 Å². The number of hydrogen-bond acceptors (Lipinski definition) is 3. The first-order valence-corrected chi connectivity index (χ1v) is 6.46. The number of pyridine rings is 1. The van der Waals surface area contributed by atoms with Crippen LogP contribution in [0.3, 0.4) is 0 Å². The third-order valence-corrected chi connectivity index (χ3v) is 3.45. The van der Waals surface area contributed by atoms with Crippen LogP contribution in [0.15, 0.2) is 18.3 Å². The molecule has 1 N–H and O–H groups in total. The molecule has 94 valence electrons. The average molecular weight is 235 g/mol. The van der Waals surface area contributed by atoms with Crippen LogP contribution >= 0.6 is 0 Å². The van der Waals surface area contributed by atoms with Crippen molar-refractivity contribution in [1.82, 2.24) is 4.98 Å². The van der Waals surface area contributed by atoms with Crippen molar-refractivity contribution < 1.29 is 9.84 Å². The van der Waals surface area contributed by atoms with Crippen LogP contribution in [0, 0.1) is 0 Å². The zero-order valence-corrected chi connectivity index (χ0v) is 10.5. The predicted molar refractivity (Wildman–Crippen MR) is 66.9 cm³/mol. The average Bonchev–Trinajstić information content (AvgIpc) is 2.55. The van der Waals surface area contributed by atoms with E-state index in [0.717, 1.165) is 31.6 Å². The molecular weight excluding hydrogens is 214 g/mol. The second-order valence-corrected chi connectivity index (χ2v) is 4.88. The second-order valence-electron chi connectivity index (χ2n) is 4.88. The molecule has 1 fully saturated rings. The zero-order valence-electron chi connectivity index (χ0n) is 10.5. The summed E-state index contributed by atoms with van der Waals surface area (Å²) in [5.41, 5.74) is 1.59. The molecule has 1 unspecified atom stereocenters. The first-order chi connectivity index (χ1) is 8.22. The van der Waals surface area contributed by atoms with Crippen LogP contribution < -0.4 is 0 Å². The van der Waals surface area contributed by atoms with Crippen molar-refractivity contribution in [2.24, 2.45) is 0 Å². The Balaban J connectivity index is 2.02. The Morgan fingerprint density at radius 2 is 2.24 bits per heavy atom. The molecule has 0 aliphatic carbocycles. The Morgan fingerprint density at radius 3 is 2.94 bits per heavy atom. The molecule has 1 atom stereocenters. The predicted octanol–water partition coefficient (Wildman–Crippen LogP) is 2.12. The summed E-state index contributed by atoms with van der Waals surface area (Å²) in [5, 5.41) is 10.5. The topological polar surface area (TPSA) is 42.4 Å². The largest absolute Gasteiger partial charge is 0.389 e. The second kappa shape index (κ2) is 5.61. The first kappa shape index (κ1) is 12.5. The number of aliphatic hydroxyl groups is 1. The van der Waals surface area contributed by atoms with E-state index in [1.165, 1.54) is 5.56 Å². The lowest BCUT2D eigenvalue weighted by Crippen LogP contribution is -2.32. The fourth-order valence-electron chi connectivity index (χ4n) is 2.28. The summed E-state index contributed by atoms with van der Waals surface area (Å²) in [5.74, 6) is 0. The van der Waals surface area contributed by atoms with Crippen molar-refractivity contribution in [3.05, 3.63) is 29.6 Å². The summed E-state index contributed by atoms with van der Waals surface area (Å²) < 4.78 is 5.38. The summed E-state index contributed by atoms with van der Waals surface area (Å²) in [6.07, 6.45) is 6.01. The standard InChI is InChI=1S/C14H21NO2/c1-2-12-4-5-13(15-11-12)10-14(16)6-3-8-17-9-7-14/h4-5,11,16H,2-3,6-10H2,1H3. The van der Waals surface area contributed by atoms with E-state index in [1.807, 2.05) is 12.3 Å². The molecule has 1 aliphatic heterocycles. The molecule has 1 aliphatic rings. The molecule has 2 heterocycles. The molecule has 2 rings (SSSR count). The monoisotopic (exact) mass is 235 g/mol. The maximum absolute atomic E-state index is 10.5. The molecule has 3 heteroatoms. The number of nitrogens with zero attached hydrogens (tertiary/aromatic N) is 1. The molecule has 0 bridgehead atoms. The molecule has 17 heavy (non-hydrogen) atoms. The summed E-state index contributed by atoms with van der Waals surface area (Å²) in [4.78, 5) is 4.42. The third-order valence-electron chi connectivity index (χ3n) is 3.45. The van der Waals surface area contributed by atoms with Crippen LogP contribution in [-0.4, -0.2) is 28.9 Å². The van der Waals surface area contributed by atoms with E-state index in [4.69, 9.17) is 4.74 Å². The smallest absolute Gasteiger partial charge is 0.0725 e. The quantitative estimate of drug-likeness (QED) is 0.872. The lowest BCUT2D eigenvalue weighted by molar-refractivity contribution is 0.0180. The fraction of sp³-hybridized carbons (Fsp3) is 0.643. The summed E-state index contributed by atoms with van der Waals surface area (Å²) in [7, 11) is 0. The van der Waals surface area contributed by atoms with Gasteiger partial charge in [0, 0.05) is 31.5 Å². The fourth-order valence-corrected chi connectivity index (χ4v) is 2.28. The van der Waals surface area contributed by atoms with E-state index in [-0.39, 0.29) is 0 Å². The number of rotatable bonds is 3. The molecule has 1 saturated heterocycles. The minimum atomic E-state index is -0.628. The molecule has 0 spiro atoms. The minimum Gasteiger partial charge on any atom is -0.389 e. The zero-order chi connectivity index (χ0) is 12.1. The maximum Gasteiger partial charge on any atom is 0.0725 e. The van der Waals surface area contributed by atoms with E-state index in [2.05, 4.69) is 18.0 Å². The van der Waals surface area contributed by atoms with E-state index in [1.54, 1.807) is 0 Å². The summed E-state index contributed by atoms with van der Waals surface area (Å²) >= 11 is 0. The van der Waals surface area contributed by atoms with Gasteiger partial charge in [-0.25, -0.2) is 0 Å². The minimum absolute atomic E-state index is 0.628. The van der Waals surface area contributed by atoms with Gasteiger partial charge in [0.05, 0.1) is 5.60 Å². The number of aromatic nitrogens is 1. The van der Waals surface area contributed by atoms with Crippen molar-refractivity contribution in [3.8, 4) is 0 Å². The highest BCUT2D eigenvalue weighted by Crippen LogP contribution is 2.24. The van der Waals surface area contributed by atoms with Gasteiger partial charge in [-0.2, -0.15) is 0 Å².